The number of rotatable bonds is 6. The van der Waals surface area contributed by atoms with Crippen LogP contribution in [0.1, 0.15) is 15.9 Å². The van der Waals surface area contributed by atoms with Crippen LogP contribution in [-0.2, 0) is 11.2 Å². The molecule has 1 amide bonds. The summed E-state index contributed by atoms with van der Waals surface area (Å²) in [5.41, 5.74) is 0.865. The molecule has 10 nitrogen and oxygen atoms in total. The number of benzene rings is 2. The maximum Gasteiger partial charge on any atom is 0.259 e. The van der Waals surface area contributed by atoms with E-state index >= 15 is 4.39 Å². The van der Waals surface area contributed by atoms with Crippen LogP contribution < -0.4 is 4.74 Å². The Bertz CT molecular complexity index is 1330. The Balaban J connectivity index is 1.50. The van der Waals surface area contributed by atoms with Gasteiger partial charge in [0.25, 0.3) is 5.91 Å². The van der Waals surface area contributed by atoms with E-state index in [4.69, 9.17) is 9.47 Å². The third-order valence-corrected chi connectivity index (χ3v) is 5.78. The first-order chi connectivity index (χ1) is 17.1. The summed E-state index contributed by atoms with van der Waals surface area (Å²) >= 11 is 0. The van der Waals surface area contributed by atoms with E-state index in [1.807, 2.05) is 0 Å². The van der Waals surface area contributed by atoms with Gasteiger partial charge in [0.05, 0.1) is 56.8 Å². The second kappa shape index (κ2) is 9.58. The Kier molecular flexibility index (Phi) is 6.19. The number of morpholine rings is 1. The van der Waals surface area contributed by atoms with E-state index in [1.54, 1.807) is 12.1 Å². The van der Waals surface area contributed by atoms with E-state index in [1.165, 1.54) is 64.6 Å². The van der Waals surface area contributed by atoms with Gasteiger partial charge < -0.3 is 14.4 Å². The molecule has 35 heavy (non-hydrogen) atoms. The van der Waals surface area contributed by atoms with Crippen molar-refractivity contribution in [2.75, 3.05) is 26.9 Å². The van der Waals surface area contributed by atoms with E-state index in [0.29, 0.717) is 11.3 Å². The maximum atomic E-state index is 15.4. The van der Waals surface area contributed by atoms with Gasteiger partial charge in [-0.2, -0.15) is 30.0 Å². The van der Waals surface area contributed by atoms with E-state index < -0.39 is 23.6 Å². The predicted octanol–water partition coefficient (Wildman–Crippen LogP) is 2.22. The molecule has 180 valence electrons. The number of halogens is 2. The number of amides is 1. The fraction of sp³-hybridized carbons (Fsp3) is 0.261. The van der Waals surface area contributed by atoms with Gasteiger partial charge in [0, 0.05) is 6.54 Å². The monoisotopic (exact) mass is 481 g/mol. The number of ether oxygens (including phenoxy) is 2. The molecule has 2 aromatic heterocycles. The molecule has 0 aliphatic carbocycles. The number of carbonyl (C=O) groups is 1. The highest BCUT2D eigenvalue weighted by Gasteiger charge is 2.33. The molecule has 0 radical (unpaired) electrons. The highest BCUT2D eigenvalue weighted by molar-refractivity contribution is 5.98. The van der Waals surface area contributed by atoms with Gasteiger partial charge in [-0.15, -0.1) is 0 Å². The largest absolute Gasteiger partial charge is 0.494 e. The normalized spacial score (nSPS) is 15.9. The summed E-state index contributed by atoms with van der Waals surface area (Å²) in [5, 5.41) is 16.2. The molecular formula is C23H21F2N7O3. The summed E-state index contributed by atoms with van der Waals surface area (Å²) in [7, 11) is 1.32. The highest BCUT2D eigenvalue weighted by Crippen LogP contribution is 2.29. The standard InChI is InChI=1S/C23H21F2N7O3/c1-34-20-5-4-19(32-28-8-9-29-32)21(22(20)25)23(33)30-10-11-35-14-17(30)13-15-12-16(2-3-18(15)24)31-26-6-7-27-31/h2-9,12,17H,10-11,13-14H2,1H3. The first-order valence-electron chi connectivity index (χ1n) is 10.8. The zero-order valence-corrected chi connectivity index (χ0v) is 18.7. The molecule has 1 fully saturated rings. The predicted molar refractivity (Wildman–Crippen MR) is 119 cm³/mol. The Morgan fingerprint density at radius 1 is 1.06 bits per heavy atom. The average Bonchev–Trinajstić information content (AvgIpc) is 3.60. The Morgan fingerprint density at radius 2 is 1.77 bits per heavy atom. The Labute approximate surface area is 198 Å². The number of nitrogens with zero attached hydrogens (tertiary/aromatic N) is 7. The molecule has 1 aliphatic rings. The van der Waals surface area contributed by atoms with Crippen LogP contribution in [0.5, 0.6) is 5.75 Å². The van der Waals surface area contributed by atoms with Crippen molar-refractivity contribution in [3.05, 3.63) is 77.9 Å². The molecule has 3 heterocycles. The molecule has 5 rings (SSSR count). The van der Waals surface area contributed by atoms with E-state index in [0.717, 1.165) is 0 Å². The topological polar surface area (TPSA) is 100 Å². The fourth-order valence-electron chi connectivity index (χ4n) is 4.09. The molecule has 1 aliphatic heterocycles. The number of hydrogen-bond acceptors (Lipinski definition) is 7. The second-order valence-electron chi connectivity index (χ2n) is 7.82. The third-order valence-electron chi connectivity index (χ3n) is 5.78. The van der Waals surface area contributed by atoms with E-state index in [2.05, 4.69) is 20.4 Å². The first kappa shape index (κ1) is 22.6. The van der Waals surface area contributed by atoms with Gasteiger partial charge in [0.15, 0.2) is 11.6 Å². The van der Waals surface area contributed by atoms with Crippen LogP contribution in [0.4, 0.5) is 8.78 Å². The van der Waals surface area contributed by atoms with Crippen molar-refractivity contribution in [3.63, 3.8) is 0 Å². The average molecular weight is 481 g/mol. The fourth-order valence-corrected chi connectivity index (χ4v) is 4.09. The smallest absolute Gasteiger partial charge is 0.259 e. The van der Waals surface area contributed by atoms with Gasteiger partial charge in [-0.25, -0.2) is 8.78 Å². The summed E-state index contributed by atoms with van der Waals surface area (Å²) in [4.78, 5) is 17.8. The molecule has 0 bridgehead atoms. The van der Waals surface area contributed by atoms with Gasteiger partial charge in [0.2, 0.25) is 0 Å². The van der Waals surface area contributed by atoms with E-state index in [-0.39, 0.29) is 43.2 Å². The maximum absolute atomic E-state index is 15.4. The quantitative estimate of drug-likeness (QED) is 0.416. The Morgan fingerprint density at radius 3 is 2.49 bits per heavy atom. The molecular weight excluding hydrogens is 460 g/mol. The molecule has 0 N–H and O–H groups in total. The minimum atomic E-state index is -0.824. The van der Waals surface area contributed by atoms with Crippen LogP contribution in [0, 0.1) is 11.6 Å². The van der Waals surface area contributed by atoms with Crippen LogP contribution in [0.3, 0.4) is 0 Å². The van der Waals surface area contributed by atoms with Crippen molar-refractivity contribution >= 4 is 5.91 Å². The van der Waals surface area contributed by atoms with E-state index in [9.17, 15) is 9.18 Å². The highest BCUT2D eigenvalue weighted by atomic mass is 19.1. The zero-order chi connectivity index (χ0) is 24.4. The molecule has 2 aromatic carbocycles. The zero-order valence-electron chi connectivity index (χ0n) is 18.7. The van der Waals surface area contributed by atoms with Crippen molar-refractivity contribution in [1.82, 2.24) is 34.9 Å². The summed E-state index contributed by atoms with van der Waals surface area (Å²) in [6, 6.07) is 6.89. The molecule has 1 saturated heterocycles. The third kappa shape index (κ3) is 4.35. The number of methoxy groups -OCH3 is 1. The van der Waals surface area contributed by atoms with Crippen molar-refractivity contribution in [2.45, 2.75) is 12.5 Å². The molecule has 0 saturated carbocycles. The molecule has 1 atom stereocenters. The van der Waals surface area contributed by atoms with Gasteiger partial charge >= 0.3 is 0 Å². The van der Waals surface area contributed by atoms with Crippen LogP contribution in [0.15, 0.2) is 55.1 Å². The lowest BCUT2D eigenvalue weighted by atomic mass is 10.0. The lowest BCUT2D eigenvalue weighted by Crippen LogP contribution is -2.50. The van der Waals surface area contributed by atoms with Crippen molar-refractivity contribution in [1.29, 1.82) is 0 Å². The lowest BCUT2D eigenvalue weighted by molar-refractivity contribution is -0.00212. The minimum Gasteiger partial charge on any atom is -0.494 e. The first-order valence-corrected chi connectivity index (χ1v) is 10.8. The van der Waals surface area contributed by atoms with Crippen LogP contribution >= 0.6 is 0 Å². The number of aromatic nitrogens is 6. The summed E-state index contributed by atoms with van der Waals surface area (Å²) in [6.07, 6.45) is 6.05. The van der Waals surface area contributed by atoms with Gasteiger partial charge in [0.1, 0.15) is 17.1 Å². The molecule has 1 unspecified atom stereocenters. The summed E-state index contributed by atoms with van der Waals surface area (Å²) in [6.45, 7) is 0.632. The van der Waals surface area contributed by atoms with Crippen LogP contribution in [0.25, 0.3) is 11.4 Å². The molecule has 0 spiro atoms. The van der Waals surface area contributed by atoms with Crippen molar-refractivity contribution in [3.8, 4) is 17.1 Å². The molecule has 4 aromatic rings. The SMILES string of the molecule is COc1ccc(-n2nccn2)c(C(=O)N2CCOCC2Cc2cc(-n3nccn3)ccc2F)c1F. The Hall–Kier alpha value is -4.19. The van der Waals surface area contributed by atoms with Gasteiger partial charge in [-0.1, -0.05) is 0 Å². The van der Waals surface area contributed by atoms with Crippen molar-refractivity contribution in [2.24, 2.45) is 0 Å². The minimum absolute atomic E-state index is 0.0838. The van der Waals surface area contributed by atoms with Gasteiger partial charge in [-0.3, -0.25) is 4.79 Å². The van der Waals surface area contributed by atoms with Crippen molar-refractivity contribution < 1.29 is 23.0 Å². The van der Waals surface area contributed by atoms with Gasteiger partial charge in [-0.05, 0) is 42.3 Å². The molecule has 12 heteroatoms. The number of carbonyl (C=O) groups excluding carboxylic acids is 1. The number of hydrogen-bond donors (Lipinski definition) is 0. The van der Waals surface area contributed by atoms with Crippen LogP contribution in [-0.4, -0.2) is 73.7 Å². The van der Waals surface area contributed by atoms with Crippen LogP contribution in [0.2, 0.25) is 0 Å². The second-order valence-corrected chi connectivity index (χ2v) is 7.82. The summed E-state index contributed by atoms with van der Waals surface area (Å²) < 4.78 is 40.8. The summed E-state index contributed by atoms with van der Waals surface area (Å²) in [5.74, 6) is -1.94. The lowest BCUT2D eigenvalue weighted by Gasteiger charge is -2.36.